The summed E-state index contributed by atoms with van der Waals surface area (Å²) in [7, 11) is 0. The van der Waals surface area contributed by atoms with Gasteiger partial charge in [-0.05, 0) is 76.0 Å². The third-order valence-corrected chi connectivity index (χ3v) is 6.07. The van der Waals surface area contributed by atoms with Gasteiger partial charge in [-0.15, -0.1) is 0 Å². The molecule has 1 saturated heterocycles. The Labute approximate surface area is 194 Å². The molecule has 0 unspecified atom stereocenters. The molecule has 0 aliphatic carbocycles. The zero-order valence-electron chi connectivity index (χ0n) is 19.6. The number of ether oxygens (including phenoxy) is 1. The molecule has 33 heavy (non-hydrogen) atoms. The topological polar surface area (TPSA) is 93.6 Å². The number of piperidine rings is 1. The summed E-state index contributed by atoms with van der Waals surface area (Å²) in [6.45, 7) is 8.72. The number of hydrogen-bond donors (Lipinski definition) is 2. The minimum absolute atomic E-state index is 0.0190. The van der Waals surface area contributed by atoms with Crippen LogP contribution in [0.2, 0.25) is 0 Å². The number of amides is 1. The smallest absolute Gasteiger partial charge is 0.225 e. The maximum absolute atomic E-state index is 12.6. The molecule has 0 bridgehead atoms. The lowest BCUT2D eigenvalue weighted by Crippen LogP contribution is -2.32. The number of carbonyl (C=O) groups is 1. The summed E-state index contributed by atoms with van der Waals surface area (Å²) in [5.74, 6) is 1.98. The Kier molecular flexibility index (Phi) is 6.99. The highest BCUT2D eigenvalue weighted by molar-refractivity contribution is 5.91. The number of hydrogen-bond acceptors (Lipinski definition) is 6. The number of carbonyl (C=O) groups excluding carboxylic acids is 1. The average Bonchev–Trinajstić information content (AvgIpc) is 3.13. The van der Waals surface area contributed by atoms with Gasteiger partial charge in [0.15, 0.2) is 0 Å². The highest BCUT2D eigenvalue weighted by Crippen LogP contribution is 2.34. The summed E-state index contributed by atoms with van der Waals surface area (Å²) in [6.07, 6.45) is 4.23. The predicted octanol–water partition coefficient (Wildman–Crippen LogP) is 5.46. The van der Waals surface area contributed by atoms with Crippen molar-refractivity contribution < 1.29 is 14.1 Å². The van der Waals surface area contributed by atoms with Crippen LogP contribution in [0.4, 0.5) is 11.4 Å². The van der Waals surface area contributed by atoms with Gasteiger partial charge in [-0.1, -0.05) is 17.6 Å². The second kappa shape index (κ2) is 10.1. The van der Waals surface area contributed by atoms with Gasteiger partial charge >= 0.3 is 0 Å². The van der Waals surface area contributed by atoms with Crippen LogP contribution >= 0.6 is 0 Å². The van der Waals surface area contributed by atoms with E-state index in [2.05, 4.69) is 15.4 Å². The number of benzene rings is 2. The molecule has 2 heterocycles. The third-order valence-electron chi connectivity index (χ3n) is 6.07. The normalized spacial score (nSPS) is 14.3. The monoisotopic (exact) mass is 448 g/mol. The Balaban J connectivity index is 1.46. The minimum atomic E-state index is 0.0190. The van der Waals surface area contributed by atoms with E-state index < -0.39 is 0 Å². The quantitative estimate of drug-likeness (QED) is 0.467. The van der Waals surface area contributed by atoms with Gasteiger partial charge in [-0.2, -0.15) is 0 Å². The van der Waals surface area contributed by atoms with Crippen LogP contribution < -0.4 is 15.8 Å². The van der Waals surface area contributed by atoms with Gasteiger partial charge in [0.05, 0.1) is 5.69 Å². The first kappa shape index (κ1) is 22.9. The van der Waals surface area contributed by atoms with Gasteiger partial charge < -0.3 is 25.2 Å². The van der Waals surface area contributed by atoms with Crippen molar-refractivity contribution in [1.82, 2.24) is 10.1 Å². The van der Waals surface area contributed by atoms with E-state index in [0.717, 1.165) is 53.5 Å². The number of nitrogens with zero attached hydrogens (tertiary/aromatic N) is 2. The van der Waals surface area contributed by atoms with Crippen molar-refractivity contribution >= 4 is 17.3 Å². The van der Waals surface area contributed by atoms with E-state index in [1.165, 1.54) is 19.3 Å². The fourth-order valence-electron chi connectivity index (χ4n) is 4.31. The molecule has 1 aromatic heterocycles. The maximum atomic E-state index is 12.6. The van der Waals surface area contributed by atoms with E-state index in [1.54, 1.807) is 6.07 Å². The second-order valence-corrected chi connectivity index (χ2v) is 8.77. The molecule has 174 valence electrons. The van der Waals surface area contributed by atoms with Crippen LogP contribution in [-0.4, -0.2) is 35.6 Å². The molecule has 7 nitrogen and oxygen atoms in total. The zero-order chi connectivity index (χ0) is 23.4. The van der Waals surface area contributed by atoms with Crippen LogP contribution in [0.25, 0.3) is 11.1 Å². The van der Waals surface area contributed by atoms with E-state index >= 15 is 0 Å². The summed E-state index contributed by atoms with van der Waals surface area (Å²) < 4.78 is 11.4. The van der Waals surface area contributed by atoms with E-state index in [-0.39, 0.29) is 5.91 Å². The van der Waals surface area contributed by atoms with E-state index in [1.807, 2.05) is 51.1 Å². The van der Waals surface area contributed by atoms with E-state index in [0.29, 0.717) is 23.6 Å². The van der Waals surface area contributed by atoms with E-state index in [9.17, 15) is 4.79 Å². The average molecular weight is 449 g/mol. The highest BCUT2D eigenvalue weighted by Gasteiger charge is 2.15. The first-order chi connectivity index (χ1) is 15.9. The molecular weight excluding hydrogens is 416 g/mol. The standard InChI is InChI=1S/C26H32N4O3/c1-17-7-8-22(16-24(17)28-25(31)9-12-30-10-5-4-6-11-30)32-23-14-20(13-21(27)15-23)26-18(2)29-33-19(26)3/h7-8,13-16H,4-6,9-12,27H2,1-3H3,(H,28,31). The number of nitrogens with two attached hydrogens (primary N) is 1. The van der Waals surface area contributed by atoms with Crippen LogP contribution in [0.3, 0.4) is 0 Å². The largest absolute Gasteiger partial charge is 0.457 e. The van der Waals surface area contributed by atoms with Gasteiger partial charge in [0.2, 0.25) is 5.91 Å². The number of aryl methyl sites for hydroxylation is 3. The Morgan fingerprint density at radius 3 is 2.61 bits per heavy atom. The number of aromatic nitrogens is 1. The molecule has 1 amide bonds. The molecule has 3 aromatic rings. The minimum Gasteiger partial charge on any atom is -0.457 e. The Bertz CT molecular complexity index is 1110. The predicted molar refractivity (Wildman–Crippen MR) is 131 cm³/mol. The summed E-state index contributed by atoms with van der Waals surface area (Å²) in [5, 5.41) is 7.07. The van der Waals surface area contributed by atoms with Gasteiger partial charge in [0.25, 0.3) is 0 Å². The fourth-order valence-corrected chi connectivity index (χ4v) is 4.31. The summed E-state index contributed by atoms with van der Waals surface area (Å²) in [6, 6.07) is 11.3. The number of rotatable bonds is 7. The van der Waals surface area contributed by atoms with Gasteiger partial charge in [0, 0.05) is 42.0 Å². The molecule has 4 rings (SSSR count). The Morgan fingerprint density at radius 2 is 1.88 bits per heavy atom. The summed E-state index contributed by atoms with van der Waals surface area (Å²) in [5.41, 5.74) is 11.1. The number of likely N-dealkylation sites (tertiary alicyclic amines) is 1. The summed E-state index contributed by atoms with van der Waals surface area (Å²) in [4.78, 5) is 14.9. The third kappa shape index (κ3) is 5.73. The number of anilines is 2. The first-order valence-electron chi connectivity index (χ1n) is 11.5. The Morgan fingerprint density at radius 1 is 1.09 bits per heavy atom. The van der Waals surface area contributed by atoms with Crippen LogP contribution in [0.15, 0.2) is 40.9 Å². The van der Waals surface area contributed by atoms with E-state index in [4.69, 9.17) is 15.0 Å². The van der Waals surface area contributed by atoms with Crippen LogP contribution in [0.1, 0.15) is 42.7 Å². The molecule has 0 atom stereocenters. The second-order valence-electron chi connectivity index (χ2n) is 8.77. The van der Waals surface area contributed by atoms with Crippen molar-refractivity contribution in [3.63, 3.8) is 0 Å². The van der Waals surface area contributed by atoms with Crippen LogP contribution in [-0.2, 0) is 4.79 Å². The van der Waals surface area contributed by atoms with Crippen molar-refractivity contribution in [3.05, 3.63) is 53.4 Å². The molecule has 1 fully saturated rings. The first-order valence-corrected chi connectivity index (χ1v) is 11.5. The molecule has 0 saturated carbocycles. The van der Waals surface area contributed by atoms with Gasteiger partial charge in [-0.25, -0.2) is 0 Å². The molecule has 0 radical (unpaired) electrons. The highest BCUT2D eigenvalue weighted by atomic mass is 16.5. The van der Waals surface area contributed by atoms with Crippen molar-refractivity contribution in [3.8, 4) is 22.6 Å². The van der Waals surface area contributed by atoms with Crippen LogP contribution in [0.5, 0.6) is 11.5 Å². The number of nitrogen functional groups attached to an aromatic ring is 1. The molecule has 3 N–H and O–H groups in total. The lowest BCUT2D eigenvalue weighted by molar-refractivity contribution is -0.116. The van der Waals surface area contributed by atoms with Gasteiger partial charge in [0.1, 0.15) is 17.3 Å². The van der Waals surface area contributed by atoms with Gasteiger partial charge in [-0.3, -0.25) is 4.79 Å². The Hall–Kier alpha value is -3.32. The molecule has 7 heteroatoms. The summed E-state index contributed by atoms with van der Waals surface area (Å²) >= 11 is 0. The van der Waals surface area contributed by atoms with Crippen molar-refractivity contribution in [2.45, 2.75) is 46.5 Å². The molecule has 0 spiro atoms. The fraction of sp³-hybridized carbons (Fsp3) is 0.385. The van der Waals surface area contributed by atoms with Crippen molar-refractivity contribution in [2.75, 3.05) is 30.7 Å². The SMILES string of the molecule is Cc1ccc(Oc2cc(N)cc(-c3c(C)noc3C)c2)cc1NC(=O)CCN1CCCCC1. The lowest BCUT2D eigenvalue weighted by Gasteiger charge is -2.26. The van der Waals surface area contributed by atoms with Crippen molar-refractivity contribution in [2.24, 2.45) is 0 Å². The zero-order valence-corrected chi connectivity index (χ0v) is 19.6. The molecule has 2 aromatic carbocycles. The molecular formula is C26H32N4O3. The lowest BCUT2D eigenvalue weighted by atomic mass is 10.0. The van der Waals surface area contributed by atoms with Crippen molar-refractivity contribution in [1.29, 1.82) is 0 Å². The van der Waals surface area contributed by atoms with Crippen LogP contribution in [0, 0.1) is 20.8 Å². The number of nitrogens with one attached hydrogen (secondary N) is 1. The maximum Gasteiger partial charge on any atom is 0.225 e. The molecule has 1 aliphatic rings. The molecule has 1 aliphatic heterocycles.